The van der Waals surface area contributed by atoms with Crippen LogP contribution >= 0.6 is 0 Å². The number of hydrogen-bond acceptors (Lipinski definition) is 3. The first-order chi connectivity index (χ1) is 9.24. The van der Waals surface area contributed by atoms with E-state index in [4.69, 9.17) is 5.73 Å². The van der Waals surface area contributed by atoms with E-state index in [2.05, 4.69) is 11.8 Å². The summed E-state index contributed by atoms with van der Waals surface area (Å²) < 4.78 is 0. The number of carbonyl (C=O) groups excluding carboxylic acids is 1. The zero-order valence-corrected chi connectivity index (χ0v) is 11.6. The van der Waals surface area contributed by atoms with E-state index in [0.29, 0.717) is 6.54 Å². The van der Waals surface area contributed by atoms with Crippen molar-refractivity contribution in [1.29, 1.82) is 0 Å². The van der Waals surface area contributed by atoms with E-state index in [1.165, 1.54) is 6.42 Å². The Morgan fingerprint density at radius 2 is 2.00 bits per heavy atom. The maximum atomic E-state index is 12.4. The lowest BCUT2D eigenvalue weighted by atomic mass is 10.1. The third-order valence-corrected chi connectivity index (χ3v) is 3.61. The Morgan fingerprint density at radius 3 is 2.63 bits per heavy atom. The Hall–Kier alpha value is -1.39. The number of rotatable bonds is 4. The summed E-state index contributed by atoms with van der Waals surface area (Å²) in [6.07, 6.45) is 1.17. The van der Waals surface area contributed by atoms with Gasteiger partial charge in [0.1, 0.15) is 0 Å². The Labute approximate surface area is 115 Å². The minimum absolute atomic E-state index is 0.131. The SMILES string of the molecule is CCCN1CCN(C(=O)c2cccc(CN)c2)CC1. The Kier molecular flexibility index (Phi) is 4.93. The molecule has 1 amide bonds. The molecule has 0 saturated carbocycles. The fraction of sp³-hybridized carbons (Fsp3) is 0.533. The van der Waals surface area contributed by atoms with Gasteiger partial charge in [0.2, 0.25) is 0 Å². The van der Waals surface area contributed by atoms with Crippen molar-refractivity contribution in [2.24, 2.45) is 5.73 Å². The van der Waals surface area contributed by atoms with E-state index in [1.54, 1.807) is 0 Å². The largest absolute Gasteiger partial charge is 0.336 e. The molecule has 1 fully saturated rings. The van der Waals surface area contributed by atoms with Gasteiger partial charge < -0.3 is 10.6 Å². The van der Waals surface area contributed by atoms with E-state index >= 15 is 0 Å². The lowest BCUT2D eigenvalue weighted by molar-refractivity contribution is 0.0637. The maximum absolute atomic E-state index is 12.4. The van der Waals surface area contributed by atoms with Crippen LogP contribution in [0.15, 0.2) is 24.3 Å². The van der Waals surface area contributed by atoms with Gasteiger partial charge in [0.15, 0.2) is 0 Å². The van der Waals surface area contributed by atoms with E-state index < -0.39 is 0 Å². The van der Waals surface area contributed by atoms with Crippen LogP contribution in [0, 0.1) is 0 Å². The van der Waals surface area contributed by atoms with Gasteiger partial charge in [-0.2, -0.15) is 0 Å². The van der Waals surface area contributed by atoms with Crippen molar-refractivity contribution < 1.29 is 4.79 Å². The summed E-state index contributed by atoms with van der Waals surface area (Å²) in [4.78, 5) is 16.8. The Balaban J connectivity index is 1.97. The molecule has 0 unspecified atom stereocenters. The summed E-state index contributed by atoms with van der Waals surface area (Å²) >= 11 is 0. The first-order valence-electron chi connectivity index (χ1n) is 7.05. The van der Waals surface area contributed by atoms with Gasteiger partial charge in [-0.25, -0.2) is 0 Å². The van der Waals surface area contributed by atoms with Crippen molar-refractivity contribution >= 4 is 5.91 Å². The molecule has 0 spiro atoms. The molecule has 0 radical (unpaired) electrons. The normalized spacial score (nSPS) is 16.6. The van der Waals surface area contributed by atoms with Gasteiger partial charge in [-0.1, -0.05) is 19.1 Å². The van der Waals surface area contributed by atoms with E-state index in [0.717, 1.165) is 43.9 Å². The molecular formula is C15H23N3O. The van der Waals surface area contributed by atoms with Gasteiger partial charge in [-0.05, 0) is 30.7 Å². The predicted molar refractivity (Wildman–Crippen MR) is 77.0 cm³/mol. The van der Waals surface area contributed by atoms with Crippen LogP contribution in [0.25, 0.3) is 0 Å². The minimum atomic E-state index is 0.131. The van der Waals surface area contributed by atoms with Gasteiger partial charge in [-0.15, -0.1) is 0 Å². The molecule has 19 heavy (non-hydrogen) atoms. The molecule has 1 saturated heterocycles. The molecule has 0 atom stereocenters. The summed E-state index contributed by atoms with van der Waals surface area (Å²) in [7, 11) is 0. The van der Waals surface area contributed by atoms with Crippen LogP contribution in [0.3, 0.4) is 0 Å². The molecule has 1 aromatic carbocycles. The number of piperazine rings is 1. The molecule has 0 aliphatic carbocycles. The fourth-order valence-corrected chi connectivity index (χ4v) is 2.50. The van der Waals surface area contributed by atoms with Gasteiger partial charge >= 0.3 is 0 Å². The number of hydrogen-bond donors (Lipinski definition) is 1. The molecule has 4 nitrogen and oxygen atoms in total. The first-order valence-corrected chi connectivity index (χ1v) is 7.05. The Bertz CT molecular complexity index is 425. The van der Waals surface area contributed by atoms with Crippen LogP contribution in [0.5, 0.6) is 0 Å². The van der Waals surface area contributed by atoms with Crippen LogP contribution in [-0.4, -0.2) is 48.4 Å². The van der Waals surface area contributed by atoms with Gasteiger partial charge in [0.25, 0.3) is 5.91 Å². The standard InChI is InChI=1S/C15H23N3O/c1-2-6-17-7-9-18(10-8-17)15(19)14-5-3-4-13(11-14)12-16/h3-5,11H,2,6-10,12,16H2,1H3. The lowest BCUT2D eigenvalue weighted by Crippen LogP contribution is -2.48. The topological polar surface area (TPSA) is 49.6 Å². The summed E-state index contributed by atoms with van der Waals surface area (Å²) in [5, 5.41) is 0. The first kappa shape index (κ1) is 14.0. The Morgan fingerprint density at radius 1 is 1.26 bits per heavy atom. The molecule has 1 aliphatic rings. The van der Waals surface area contributed by atoms with E-state index in [9.17, 15) is 4.79 Å². The van der Waals surface area contributed by atoms with Crippen LogP contribution in [0.2, 0.25) is 0 Å². The molecule has 2 rings (SSSR count). The van der Waals surface area contributed by atoms with Gasteiger partial charge in [0, 0.05) is 38.3 Å². The predicted octanol–water partition coefficient (Wildman–Crippen LogP) is 1.31. The summed E-state index contributed by atoms with van der Waals surface area (Å²) in [6, 6.07) is 7.64. The summed E-state index contributed by atoms with van der Waals surface area (Å²) in [5.41, 5.74) is 7.38. The van der Waals surface area contributed by atoms with Crippen molar-refractivity contribution in [1.82, 2.24) is 9.80 Å². The van der Waals surface area contributed by atoms with Gasteiger partial charge in [0.05, 0.1) is 0 Å². The summed E-state index contributed by atoms with van der Waals surface area (Å²) in [6.45, 7) is 7.41. The van der Waals surface area contributed by atoms with E-state index in [1.807, 2.05) is 29.2 Å². The quantitative estimate of drug-likeness (QED) is 0.889. The summed E-state index contributed by atoms with van der Waals surface area (Å²) in [5.74, 6) is 0.131. The monoisotopic (exact) mass is 261 g/mol. The highest BCUT2D eigenvalue weighted by molar-refractivity contribution is 5.94. The second kappa shape index (κ2) is 6.68. The molecule has 104 valence electrons. The number of nitrogens with zero attached hydrogens (tertiary/aromatic N) is 2. The number of nitrogens with two attached hydrogens (primary N) is 1. The van der Waals surface area contributed by atoms with Crippen molar-refractivity contribution in [3.05, 3.63) is 35.4 Å². The number of amides is 1. The zero-order valence-electron chi connectivity index (χ0n) is 11.6. The molecule has 4 heteroatoms. The average Bonchev–Trinajstić information content (AvgIpc) is 2.48. The number of carbonyl (C=O) groups is 1. The van der Waals surface area contributed by atoms with Crippen molar-refractivity contribution in [3.8, 4) is 0 Å². The lowest BCUT2D eigenvalue weighted by Gasteiger charge is -2.34. The molecule has 0 aromatic heterocycles. The fourth-order valence-electron chi connectivity index (χ4n) is 2.50. The van der Waals surface area contributed by atoms with E-state index in [-0.39, 0.29) is 5.91 Å². The molecule has 1 aliphatic heterocycles. The van der Waals surface area contributed by atoms with Crippen molar-refractivity contribution in [2.45, 2.75) is 19.9 Å². The highest BCUT2D eigenvalue weighted by atomic mass is 16.2. The molecule has 1 heterocycles. The number of benzene rings is 1. The maximum Gasteiger partial charge on any atom is 0.253 e. The van der Waals surface area contributed by atoms with Crippen molar-refractivity contribution in [3.63, 3.8) is 0 Å². The molecule has 2 N–H and O–H groups in total. The molecular weight excluding hydrogens is 238 g/mol. The highest BCUT2D eigenvalue weighted by Crippen LogP contribution is 2.11. The second-order valence-corrected chi connectivity index (χ2v) is 5.04. The smallest absolute Gasteiger partial charge is 0.253 e. The molecule has 1 aromatic rings. The van der Waals surface area contributed by atoms with Crippen molar-refractivity contribution in [2.75, 3.05) is 32.7 Å². The highest BCUT2D eigenvalue weighted by Gasteiger charge is 2.21. The second-order valence-electron chi connectivity index (χ2n) is 5.04. The average molecular weight is 261 g/mol. The van der Waals surface area contributed by atoms with Gasteiger partial charge in [-0.3, -0.25) is 9.69 Å². The minimum Gasteiger partial charge on any atom is -0.336 e. The third kappa shape index (κ3) is 3.55. The van der Waals surface area contributed by atoms with Crippen LogP contribution < -0.4 is 5.73 Å². The third-order valence-electron chi connectivity index (χ3n) is 3.61. The molecule has 0 bridgehead atoms. The van der Waals surface area contributed by atoms with Crippen LogP contribution in [0.4, 0.5) is 0 Å². The zero-order chi connectivity index (χ0) is 13.7. The van der Waals surface area contributed by atoms with Crippen LogP contribution in [-0.2, 0) is 6.54 Å². The van der Waals surface area contributed by atoms with Crippen LogP contribution in [0.1, 0.15) is 29.3 Å².